The highest BCUT2D eigenvalue weighted by atomic mass is 16.1. The predicted octanol–water partition coefficient (Wildman–Crippen LogP) is 3.80. The lowest BCUT2D eigenvalue weighted by Gasteiger charge is -2.09. The van der Waals surface area contributed by atoms with Gasteiger partial charge in [-0.2, -0.15) is 5.10 Å². The van der Waals surface area contributed by atoms with Crippen molar-refractivity contribution in [3.63, 3.8) is 0 Å². The standard InChI is InChI=1S/C18H18N4O/c23-18(17-9-11-22(21-17)14-5-1-2-6-14)20-16-7-3-4-13-12-19-10-8-15(13)16/h3-4,7-12,14H,1-2,5-6H2,(H,20,23). The molecule has 116 valence electrons. The third-order valence-corrected chi connectivity index (χ3v) is 4.47. The van der Waals surface area contributed by atoms with E-state index in [2.05, 4.69) is 15.4 Å². The van der Waals surface area contributed by atoms with E-state index in [4.69, 9.17) is 0 Å². The second-order valence-corrected chi connectivity index (χ2v) is 5.98. The number of pyridine rings is 1. The highest BCUT2D eigenvalue weighted by Crippen LogP contribution is 2.29. The number of anilines is 1. The number of fused-ring (bicyclic) bond motifs is 1. The van der Waals surface area contributed by atoms with Gasteiger partial charge in [-0.15, -0.1) is 0 Å². The quantitative estimate of drug-likeness (QED) is 0.800. The van der Waals surface area contributed by atoms with E-state index >= 15 is 0 Å². The molecule has 0 atom stereocenters. The van der Waals surface area contributed by atoms with Gasteiger partial charge in [-0.1, -0.05) is 25.0 Å². The van der Waals surface area contributed by atoms with Crippen molar-refractivity contribution in [2.24, 2.45) is 0 Å². The molecule has 1 N–H and O–H groups in total. The summed E-state index contributed by atoms with van der Waals surface area (Å²) in [5.74, 6) is -0.175. The van der Waals surface area contributed by atoms with E-state index in [1.165, 1.54) is 12.8 Å². The minimum Gasteiger partial charge on any atom is -0.320 e. The van der Waals surface area contributed by atoms with Crippen LogP contribution in [0, 0.1) is 0 Å². The average molecular weight is 306 g/mol. The van der Waals surface area contributed by atoms with Crippen molar-refractivity contribution in [2.75, 3.05) is 5.32 Å². The topological polar surface area (TPSA) is 59.8 Å². The van der Waals surface area contributed by atoms with E-state index < -0.39 is 0 Å². The number of benzene rings is 1. The van der Waals surface area contributed by atoms with Crippen LogP contribution < -0.4 is 5.32 Å². The molecule has 23 heavy (non-hydrogen) atoms. The maximum atomic E-state index is 12.5. The van der Waals surface area contributed by atoms with E-state index in [-0.39, 0.29) is 5.91 Å². The van der Waals surface area contributed by atoms with Gasteiger partial charge >= 0.3 is 0 Å². The molecule has 4 rings (SSSR count). The van der Waals surface area contributed by atoms with Crippen molar-refractivity contribution in [2.45, 2.75) is 31.7 Å². The van der Waals surface area contributed by atoms with Crippen LogP contribution in [0.3, 0.4) is 0 Å². The molecule has 1 saturated carbocycles. The molecule has 5 nitrogen and oxygen atoms in total. The van der Waals surface area contributed by atoms with Crippen LogP contribution in [-0.2, 0) is 0 Å². The van der Waals surface area contributed by atoms with Gasteiger partial charge in [0.15, 0.2) is 5.69 Å². The molecule has 0 spiro atoms. The van der Waals surface area contributed by atoms with Crippen LogP contribution in [0.1, 0.15) is 42.2 Å². The van der Waals surface area contributed by atoms with Crippen molar-refractivity contribution in [1.29, 1.82) is 0 Å². The van der Waals surface area contributed by atoms with Crippen LogP contribution in [0.4, 0.5) is 5.69 Å². The summed E-state index contributed by atoms with van der Waals surface area (Å²) in [7, 11) is 0. The second kappa shape index (κ2) is 5.83. The summed E-state index contributed by atoms with van der Waals surface area (Å²) in [5, 5.41) is 9.40. The Morgan fingerprint density at radius 2 is 2.04 bits per heavy atom. The van der Waals surface area contributed by atoms with Crippen LogP contribution >= 0.6 is 0 Å². The first-order chi connectivity index (χ1) is 11.3. The molecule has 0 saturated heterocycles. The fraction of sp³-hybridized carbons (Fsp3) is 0.278. The Morgan fingerprint density at radius 1 is 1.17 bits per heavy atom. The lowest BCUT2D eigenvalue weighted by molar-refractivity contribution is 0.102. The molecule has 3 aromatic rings. The summed E-state index contributed by atoms with van der Waals surface area (Å²) in [6.07, 6.45) is 10.2. The molecule has 5 heteroatoms. The van der Waals surface area contributed by atoms with Crippen LogP contribution in [-0.4, -0.2) is 20.7 Å². The normalized spacial score (nSPS) is 15.1. The largest absolute Gasteiger partial charge is 0.320 e. The number of nitrogens with one attached hydrogen (secondary N) is 1. The second-order valence-electron chi connectivity index (χ2n) is 5.98. The van der Waals surface area contributed by atoms with Crippen molar-refractivity contribution in [3.05, 3.63) is 54.6 Å². The van der Waals surface area contributed by atoms with Gasteiger partial charge < -0.3 is 5.32 Å². The zero-order valence-electron chi connectivity index (χ0n) is 12.8. The molecule has 0 bridgehead atoms. The third kappa shape index (κ3) is 2.70. The Balaban J connectivity index is 1.57. The summed E-state index contributed by atoms with van der Waals surface area (Å²) in [5.41, 5.74) is 1.24. The van der Waals surface area contributed by atoms with Crippen molar-refractivity contribution in [1.82, 2.24) is 14.8 Å². The first kappa shape index (κ1) is 13.9. The Hall–Kier alpha value is -2.69. The van der Waals surface area contributed by atoms with E-state index in [1.54, 1.807) is 18.5 Å². The van der Waals surface area contributed by atoms with Gasteiger partial charge in [0.2, 0.25) is 0 Å². The monoisotopic (exact) mass is 306 g/mol. The molecule has 1 aliphatic rings. The van der Waals surface area contributed by atoms with Crippen LogP contribution in [0.5, 0.6) is 0 Å². The summed E-state index contributed by atoms with van der Waals surface area (Å²) in [6.45, 7) is 0. The maximum Gasteiger partial charge on any atom is 0.276 e. The van der Waals surface area contributed by atoms with E-state index in [9.17, 15) is 4.79 Å². The van der Waals surface area contributed by atoms with Gasteiger partial charge in [-0.25, -0.2) is 0 Å². The Labute approximate surface area is 134 Å². The first-order valence-corrected chi connectivity index (χ1v) is 8.00. The third-order valence-electron chi connectivity index (χ3n) is 4.47. The predicted molar refractivity (Wildman–Crippen MR) is 89.4 cm³/mol. The summed E-state index contributed by atoms with van der Waals surface area (Å²) < 4.78 is 1.94. The molecule has 2 heterocycles. The van der Waals surface area contributed by atoms with Gasteiger partial charge in [0.25, 0.3) is 5.91 Å². The summed E-state index contributed by atoms with van der Waals surface area (Å²) >= 11 is 0. The fourth-order valence-electron chi connectivity index (χ4n) is 3.25. The van der Waals surface area contributed by atoms with E-state index in [1.807, 2.05) is 35.1 Å². The number of hydrogen-bond acceptors (Lipinski definition) is 3. The average Bonchev–Trinajstić information content (AvgIpc) is 3.26. The Bertz CT molecular complexity index is 844. The summed E-state index contributed by atoms with van der Waals surface area (Å²) in [4.78, 5) is 16.6. The molecule has 0 radical (unpaired) electrons. The fourth-order valence-corrected chi connectivity index (χ4v) is 3.25. The van der Waals surface area contributed by atoms with Gasteiger partial charge in [0.1, 0.15) is 0 Å². The number of hydrogen-bond donors (Lipinski definition) is 1. The molecular formula is C18H18N4O. The zero-order valence-corrected chi connectivity index (χ0v) is 12.8. The maximum absolute atomic E-state index is 12.5. The number of rotatable bonds is 3. The van der Waals surface area contributed by atoms with Crippen LogP contribution in [0.25, 0.3) is 10.8 Å². The summed E-state index contributed by atoms with van der Waals surface area (Å²) in [6, 6.07) is 9.93. The SMILES string of the molecule is O=C(Nc1cccc2cnccc12)c1ccn(C2CCCC2)n1. The van der Waals surface area contributed by atoms with Crippen molar-refractivity contribution in [3.8, 4) is 0 Å². The first-order valence-electron chi connectivity index (χ1n) is 8.00. The Kier molecular flexibility index (Phi) is 3.54. The molecule has 0 aliphatic heterocycles. The van der Waals surface area contributed by atoms with Crippen molar-refractivity contribution >= 4 is 22.4 Å². The van der Waals surface area contributed by atoms with Gasteiger partial charge in [-0.3, -0.25) is 14.5 Å². The van der Waals surface area contributed by atoms with Gasteiger partial charge in [0.05, 0.1) is 6.04 Å². The molecule has 2 aromatic heterocycles. The van der Waals surface area contributed by atoms with Crippen LogP contribution in [0.2, 0.25) is 0 Å². The Morgan fingerprint density at radius 3 is 2.91 bits per heavy atom. The van der Waals surface area contributed by atoms with E-state index in [0.29, 0.717) is 11.7 Å². The number of aromatic nitrogens is 3. The lowest BCUT2D eigenvalue weighted by atomic mass is 10.1. The van der Waals surface area contributed by atoms with Crippen molar-refractivity contribution < 1.29 is 4.79 Å². The number of carbonyl (C=O) groups is 1. The minimum absolute atomic E-state index is 0.175. The number of amides is 1. The highest BCUT2D eigenvalue weighted by molar-refractivity contribution is 6.08. The smallest absolute Gasteiger partial charge is 0.276 e. The molecular weight excluding hydrogens is 288 g/mol. The molecule has 1 aromatic carbocycles. The number of carbonyl (C=O) groups excluding carboxylic acids is 1. The zero-order chi connectivity index (χ0) is 15.6. The highest BCUT2D eigenvalue weighted by Gasteiger charge is 2.19. The lowest BCUT2D eigenvalue weighted by Crippen LogP contribution is -2.14. The molecule has 1 fully saturated rings. The van der Waals surface area contributed by atoms with Crippen LogP contribution in [0.15, 0.2) is 48.9 Å². The molecule has 0 unspecified atom stereocenters. The van der Waals surface area contributed by atoms with Gasteiger partial charge in [-0.05, 0) is 31.0 Å². The molecule has 1 aliphatic carbocycles. The molecule has 1 amide bonds. The minimum atomic E-state index is -0.175. The van der Waals surface area contributed by atoms with E-state index in [0.717, 1.165) is 29.3 Å². The number of nitrogens with zero attached hydrogens (tertiary/aromatic N) is 3. The van der Waals surface area contributed by atoms with Gasteiger partial charge in [0, 0.05) is 35.1 Å².